The van der Waals surface area contributed by atoms with Gasteiger partial charge in [0.25, 0.3) is 0 Å². The quantitative estimate of drug-likeness (QED) is 0.864. The SMILES string of the molecule is CC(N)C1CN(S(=O)(=O)CCc2ccccc2)CCO1. The molecule has 0 aromatic heterocycles. The van der Waals surface area contributed by atoms with Crippen LogP contribution >= 0.6 is 0 Å². The van der Waals surface area contributed by atoms with Crippen molar-refractivity contribution in [3.05, 3.63) is 35.9 Å². The normalized spacial score (nSPS) is 22.6. The molecule has 2 unspecified atom stereocenters. The number of aryl methyl sites for hydroxylation is 1. The standard InChI is InChI=1S/C14H22N2O3S/c1-12(15)14-11-16(8-9-19-14)20(17,18)10-7-13-5-3-2-4-6-13/h2-6,12,14H,7-11,15H2,1H3. The molecule has 0 bridgehead atoms. The number of hydrogen-bond donors (Lipinski definition) is 1. The first-order chi connectivity index (χ1) is 9.49. The van der Waals surface area contributed by atoms with E-state index in [0.29, 0.717) is 26.1 Å². The average Bonchev–Trinajstić information content (AvgIpc) is 2.46. The molecule has 1 heterocycles. The van der Waals surface area contributed by atoms with Crippen LogP contribution in [0.25, 0.3) is 0 Å². The van der Waals surface area contributed by atoms with Gasteiger partial charge < -0.3 is 10.5 Å². The lowest BCUT2D eigenvalue weighted by atomic mass is 10.2. The Hall–Kier alpha value is -0.950. The molecule has 0 saturated carbocycles. The van der Waals surface area contributed by atoms with Crippen molar-refractivity contribution in [3.63, 3.8) is 0 Å². The predicted octanol–water partition coefficient (Wildman–Crippen LogP) is 0.607. The Labute approximate surface area is 120 Å². The second kappa shape index (κ2) is 6.67. The van der Waals surface area contributed by atoms with E-state index in [2.05, 4.69) is 0 Å². The zero-order valence-electron chi connectivity index (χ0n) is 11.7. The highest BCUT2D eigenvalue weighted by Crippen LogP contribution is 2.13. The van der Waals surface area contributed by atoms with E-state index >= 15 is 0 Å². The van der Waals surface area contributed by atoms with Crippen molar-refractivity contribution < 1.29 is 13.2 Å². The zero-order valence-corrected chi connectivity index (χ0v) is 12.6. The molecule has 0 spiro atoms. The maximum atomic E-state index is 12.4. The van der Waals surface area contributed by atoms with Gasteiger partial charge in [0.15, 0.2) is 0 Å². The third-order valence-electron chi connectivity index (χ3n) is 3.53. The van der Waals surface area contributed by atoms with Gasteiger partial charge in [-0.2, -0.15) is 4.31 Å². The van der Waals surface area contributed by atoms with Crippen molar-refractivity contribution in [2.75, 3.05) is 25.4 Å². The predicted molar refractivity (Wildman–Crippen MR) is 78.9 cm³/mol. The lowest BCUT2D eigenvalue weighted by molar-refractivity contribution is -0.0119. The van der Waals surface area contributed by atoms with Crippen LogP contribution in [-0.4, -0.2) is 50.3 Å². The van der Waals surface area contributed by atoms with Gasteiger partial charge in [-0.25, -0.2) is 8.42 Å². The number of morpholine rings is 1. The van der Waals surface area contributed by atoms with Crippen LogP contribution in [0.1, 0.15) is 12.5 Å². The summed E-state index contributed by atoms with van der Waals surface area (Å²) in [5, 5.41) is 0. The second-order valence-corrected chi connectivity index (χ2v) is 7.27. The highest BCUT2D eigenvalue weighted by Gasteiger charge is 2.30. The molecular formula is C14H22N2O3S. The number of hydrogen-bond acceptors (Lipinski definition) is 4. The number of benzene rings is 1. The first-order valence-electron chi connectivity index (χ1n) is 6.88. The van der Waals surface area contributed by atoms with E-state index in [9.17, 15) is 8.42 Å². The summed E-state index contributed by atoms with van der Waals surface area (Å²) in [6.45, 7) is 3.02. The van der Waals surface area contributed by atoms with E-state index in [1.54, 1.807) is 0 Å². The van der Waals surface area contributed by atoms with Crippen molar-refractivity contribution in [1.82, 2.24) is 4.31 Å². The summed E-state index contributed by atoms with van der Waals surface area (Å²) in [5.41, 5.74) is 6.83. The molecular weight excluding hydrogens is 276 g/mol. The van der Waals surface area contributed by atoms with Gasteiger partial charge >= 0.3 is 0 Å². The summed E-state index contributed by atoms with van der Waals surface area (Å²) in [4.78, 5) is 0. The fraction of sp³-hybridized carbons (Fsp3) is 0.571. The van der Waals surface area contributed by atoms with Crippen LogP contribution in [0.15, 0.2) is 30.3 Å². The van der Waals surface area contributed by atoms with E-state index in [1.807, 2.05) is 37.3 Å². The summed E-state index contributed by atoms with van der Waals surface area (Å²) >= 11 is 0. The molecule has 0 amide bonds. The van der Waals surface area contributed by atoms with Crippen molar-refractivity contribution in [2.45, 2.75) is 25.5 Å². The van der Waals surface area contributed by atoms with Crippen molar-refractivity contribution in [2.24, 2.45) is 5.73 Å². The highest BCUT2D eigenvalue weighted by molar-refractivity contribution is 7.89. The van der Waals surface area contributed by atoms with Crippen LogP contribution in [0.2, 0.25) is 0 Å². The number of rotatable bonds is 5. The molecule has 1 fully saturated rings. The first kappa shape index (κ1) is 15.4. The molecule has 2 rings (SSSR count). The van der Waals surface area contributed by atoms with Crippen molar-refractivity contribution in [3.8, 4) is 0 Å². The topological polar surface area (TPSA) is 72.6 Å². The van der Waals surface area contributed by atoms with Crippen LogP contribution in [0.5, 0.6) is 0 Å². The summed E-state index contributed by atoms with van der Waals surface area (Å²) < 4.78 is 31.7. The van der Waals surface area contributed by atoms with Gasteiger partial charge in [-0.05, 0) is 18.9 Å². The molecule has 5 nitrogen and oxygen atoms in total. The third kappa shape index (κ3) is 4.02. The minimum absolute atomic E-state index is 0.128. The monoisotopic (exact) mass is 298 g/mol. The molecule has 112 valence electrons. The third-order valence-corrected chi connectivity index (χ3v) is 5.37. The Bertz CT molecular complexity index is 516. The molecule has 0 radical (unpaired) electrons. The van der Waals surface area contributed by atoms with Gasteiger partial charge in [0.2, 0.25) is 10.0 Å². The molecule has 1 aliphatic rings. The first-order valence-corrected chi connectivity index (χ1v) is 8.49. The van der Waals surface area contributed by atoms with Crippen LogP contribution in [0.3, 0.4) is 0 Å². The van der Waals surface area contributed by atoms with Crippen LogP contribution in [0.4, 0.5) is 0 Å². The molecule has 20 heavy (non-hydrogen) atoms. The van der Waals surface area contributed by atoms with Crippen LogP contribution in [0, 0.1) is 0 Å². The van der Waals surface area contributed by atoms with Gasteiger partial charge in [-0.1, -0.05) is 30.3 Å². The minimum Gasteiger partial charge on any atom is -0.374 e. The molecule has 0 aliphatic carbocycles. The van der Waals surface area contributed by atoms with Gasteiger partial charge in [0.1, 0.15) is 0 Å². The van der Waals surface area contributed by atoms with E-state index in [4.69, 9.17) is 10.5 Å². The maximum Gasteiger partial charge on any atom is 0.214 e. The molecule has 2 atom stereocenters. The Kier molecular flexibility index (Phi) is 5.15. The smallest absolute Gasteiger partial charge is 0.214 e. The summed E-state index contributed by atoms with van der Waals surface area (Å²) in [7, 11) is -3.25. The molecule has 1 aliphatic heterocycles. The number of sulfonamides is 1. The summed E-state index contributed by atoms with van der Waals surface area (Å²) in [6, 6.07) is 9.49. The maximum absolute atomic E-state index is 12.4. The average molecular weight is 298 g/mol. The van der Waals surface area contributed by atoms with Crippen molar-refractivity contribution >= 4 is 10.0 Å². The minimum atomic E-state index is -3.25. The summed E-state index contributed by atoms with van der Waals surface area (Å²) in [5.74, 6) is 0.128. The molecule has 1 aromatic carbocycles. The highest BCUT2D eigenvalue weighted by atomic mass is 32.2. The van der Waals surface area contributed by atoms with Crippen molar-refractivity contribution in [1.29, 1.82) is 0 Å². The fourth-order valence-electron chi connectivity index (χ4n) is 2.24. The Morgan fingerprint density at radius 1 is 1.40 bits per heavy atom. The fourth-order valence-corrected chi connectivity index (χ4v) is 3.72. The van der Waals surface area contributed by atoms with Gasteiger partial charge in [-0.3, -0.25) is 0 Å². The lowest BCUT2D eigenvalue weighted by Crippen LogP contribution is -2.51. The van der Waals surface area contributed by atoms with E-state index in [1.165, 1.54) is 4.31 Å². The number of ether oxygens (including phenoxy) is 1. The zero-order chi connectivity index (χ0) is 14.6. The molecule has 1 saturated heterocycles. The van der Waals surface area contributed by atoms with Gasteiger partial charge in [0.05, 0.1) is 18.5 Å². The van der Waals surface area contributed by atoms with Gasteiger partial charge in [-0.15, -0.1) is 0 Å². The molecule has 6 heteroatoms. The number of nitrogens with two attached hydrogens (primary N) is 1. The molecule has 1 aromatic rings. The Balaban J connectivity index is 1.96. The van der Waals surface area contributed by atoms with E-state index in [-0.39, 0.29) is 17.9 Å². The van der Waals surface area contributed by atoms with Crippen LogP contribution < -0.4 is 5.73 Å². The Morgan fingerprint density at radius 2 is 2.10 bits per heavy atom. The van der Waals surface area contributed by atoms with Crippen LogP contribution in [-0.2, 0) is 21.2 Å². The Morgan fingerprint density at radius 3 is 2.75 bits per heavy atom. The summed E-state index contributed by atoms with van der Waals surface area (Å²) in [6.07, 6.45) is 0.318. The molecule has 2 N–H and O–H groups in total. The lowest BCUT2D eigenvalue weighted by Gasteiger charge is -2.33. The van der Waals surface area contributed by atoms with E-state index in [0.717, 1.165) is 5.56 Å². The number of nitrogens with zero attached hydrogens (tertiary/aromatic N) is 1. The second-order valence-electron chi connectivity index (χ2n) is 5.18. The van der Waals surface area contributed by atoms with Gasteiger partial charge in [0, 0.05) is 19.1 Å². The van der Waals surface area contributed by atoms with E-state index < -0.39 is 10.0 Å². The largest absolute Gasteiger partial charge is 0.374 e.